The lowest BCUT2D eigenvalue weighted by Crippen LogP contribution is -1.68. The number of hydrogen-bond acceptors (Lipinski definition) is 1. The summed E-state index contributed by atoms with van der Waals surface area (Å²) in [7, 11) is 0. The first kappa shape index (κ1) is 7.09. The van der Waals surface area contributed by atoms with Crippen molar-refractivity contribution in [3.8, 4) is 0 Å². The maximum absolute atomic E-state index is 3.56. The van der Waals surface area contributed by atoms with Gasteiger partial charge in [-0.05, 0) is 12.2 Å². The van der Waals surface area contributed by atoms with Crippen molar-refractivity contribution in [3.05, 3.63) is 18.4 Å². The Labute approximate surface area is 50.0 Å². The third kappa shape index (κ3) is 6.09. The Morgan fingerprint density at radius 3 is 2.86 bits per heavy atom. The number of hydrogen-bond donors (Lipinski definition) is 0. The van der Waals surface area contributed by atoms with Crippen LogP contribution in [-0.2, 0) is 0 Å². The highest BCUT2D eigenvalue weighted by molar-refractivity contribution is 8.01. The minimum absolute atomic E-state index is 1.21. The minimum Gasteiger partial charge on any atom is -0.153 e. The van der Waals surface area contributed by atoms with Gasteiger partial charge in [0.1, 0.15) is 0 Å². The second-order valence-corrected chi connectivity index (χ2v) is 2.26. The molecule has 0 heterocycles. The SMILES string of the molecule is C=C[CH]SCCC. The monoisotopic (exact) mass is 115 g/mol. The standard InChI is InChI=1S/C6H11S/c1-3-5-7-6-4-2/h3,5H,1,4,6H2,2H3. The number of thioether (sulfide) groups is 1. The van der Waals surface area contributed by atoms with E-state index in [1.807, 2.05) is 23.6 Å². The van der Waals surface area contributed by atoms with Crippen LogP contribution in [0.4, 0.5) is 0 Å². The normalized spacial score (nSPS) is 8.71. The highest BCUT2D eigenvalue weighted by Crippen LogP contribution is 2.05. The lowest BCUT2D eigenvalue weighted by Gasteiger charge is -1.87. The average molecular weight is 115 g/mol. The van der Waals surface area contributed by atoms with Gasteiger partial charge >= 0.3 is 0 Å². The molecule has 0 saturated carbocycles. The molecule has 0 N–H and O–H groups in total. The summed E-state index contributed by atoms with van der Waals surface area (Å²) >= 11 is 1.81. The largest absolute Gasteiger partial charge is 0.153 e. The lowest BCUT2D eigenvalue weighted by molar-refractivity contribution is 1.11. The Bertz CT molecular complexity index is 41.4. The highest BCUT2D eigenvalue weighted by atomic mass is 32.2. The van der Waals surface area contributed by atoms with Crippen molar-refractivity contribution in [1.29, 1.82) is 0 Å². The van der Waals surface area contributed by atoms with Crippen molar-refractivity contribution >= 4 is 11.8 Å². The van der Waals surface area contributed by atoms with Crippen LogP contribution in [0.5, 0.6) is 0 Å². The zero-order valence-corrected chi connectivity index (χ0v) is 5.50. The van der Waals surface area contributed by atoms with Gasteiger partial charge < -0.3 is 0 Å². The van der Waals surface area contributed by atoms with Crippen LogP contribution < -0.4 is 0 Å². The van der Waals surface area contributed by atoms with Gasteiger partial charge in [0, 0.05) is 5.75 Å². The van der Waals surface area contributed by atoms with Crippen LogP contribution in [0.25, 0.3) is 0 Å². The van der Waals surface area contributed by atoms with Crippen LogP contribution >= 0.6 is 11.8 Å². The summed E-state index contributed by atoms with van der Waals surface area (Å²) in [6, 6.07) is 0. The van der Waals surface area contributed by atoms with Crippen molar-refractivity contribution in [3.63, 3.8) is 0 Å². The van der Waals surface area contributed by atoms with Crippen LogP contribution in [0, 0.1) is 5.75 Å². The molecule has 0 aromatic carbocycles. The molecular formula is C6H11S. The van der Waals surface area contributed by atoms with Gasteiger partial charge in [0.05, 0.1) is 0 Å². The lowest BCUT2D eigenvalue weighted by atomic mass is 10.6. The van der Waals surface area contributed by atoms with E-state index in [2.05, 4.69) is 13.5 Å². The Morgan fingerprint density at radius 1 is 1.71 bits per heavy atom. The van der Waals surface area contributed by atoms with Crippen LogP contribution in [0.15, 0.2) is 12.7 Å². The molecule has 0 fully saturated rings. The molecule has 0 unspecified atom stereocenters. The van der Waals surface area contributed by atoms with E-state index in [0.29, 0.717) is 0 Å². The maximum atomic E-state index is 3.56. The molecule has 0 aromatic rings. The van der Waals surface area contributed by atoms with Crippen molar-refractivity contribution in [1.82, 2.24) is 0 Å². The van der Waals surface area contributed by atoms with Gasteiger partial charge in [0.15, 0.2) is 0 Å². The van der Waals surface area contributed by atoms with E-state index in [4.69, 9.17) is 0 Å². The molecule has 41 valence electrons. The molecule has 0 spiro atoms. The summed E-state index contributed by atoms with van der Waals surface area (Å²) in [5, 5.41) is 0. The van der Waals surface area contributed by atoms with E-state index in [9.17, 15) is 0 Å². The van der Waals surface area contributed by atoms with Gasteiger partial charge in [-0.2, -0.15) is 11.8 Å². The number of rotatable bonds is 4. The predicted molar refractivity (Wildman–Crippen MR) is 37.2 cm³/mol. The van der Waals surface area contributed by atoms with Crippen molar-refractivity contribution < 1.29 is 0 Å². The topological polar surface area (TPSA) is 0 Å². The van der Waals surface area contributed by atoms with Crippen molar-refractivity contribution in [2.45, 2.75) is 13.3 Å². The fraction of sp³-hybridized carbons (Fsp3) is 0.500. The summed E-state index contributed by atoms with van der Waals surface area (Å²) in [5.41, 5.74) is 0. The Morgan fingerprint density at radius 2 is 2.43 bits per heavy atom. The minimum atomic E-state index is 1.21. The molecule has 0 aliphatic rings. The van der Waals surface area contributed by atoms with Crippen LogP contribution in [0.2, 0.25) is 0 Å². The van der Waals surface area contributed by atoms with E-state index >= 15 is 0 Å². The molecule has 0 aliphatic heterocycles. The summed E-state index contributed by atoms with van der Waals surface area (Å²) in [6.45, 7) is 5.73. The average Bonchev–Trinajstić information content (AvgIpc) is 1.69. The van der Waals surface area contributed by atoms with Crippen LogP contribution in [-0.4, -0.2) is 5.75 Å². The van der Waals surface area contributed by atoms with Gasteiger partial charge in [-0.15, -0.1) is 6.58 Å². The molecule has 0 amide bonds. The predicted octanol–water partition coefficient (Wildman–Crippen LogP) is 2.48. The summed E-state index contributed by atoms with van der Waals surface area (Å²) < 4.78 is 0. The second-order valence-electron chi connectivity index (χ2n) is 1.24. The third-order valence-corrected chi connectivity index (χ3v) is 1.54. The quantitative estimate of drug-likeness (QED) is 0.507. The van der Waals surface area contributed by atoms with E-state index in [0.717, 1.165) is 0 Å². The van der Waals surface area contributed by atoms with Crippen molar-refractivity contribution in [2.24, 2.45) is 0 Å². The first-order chi connectivity index (χ1) is 3.41. The van der Waals surface area contributed by atoms with Crippen molar-refractivity contribution in [2.75, 3.05) is 5.75 Å². The molecule has 0 nitrogen and oxygen atoms in total. The first-order valence-corrected chi connectivity index (χ1v) is 3.52. The molecule has 0 bridgehead atoms. The van der Waals surface area contributed by atoms with Crippen LogP contribution in [0.3, 0.4) is 0 Å². The summed E-state index contributed by atoms with van der Waals surface area (Å²) in [5.74, 6) is 3.23. The van der Waals surface area contributed by atoms with Gasteiger partial charge in [-0.1, -0.05) is 13.0 Å². The van der Waals surface area contributed by atoms with Gasteiger partial charge in [0.25, 0.3) is 0 Å². The molecule has 0 rings (SSSR count). The Hall–Kier alpha value is 0.0900. The van der Waals surface area contributed by atoms with Gasteiger partial charge in [-0.25, -0.2) is 0 Å². The van der Waals surface area contributed by atoms with Gasteiger partial charge in [-0.3, -0.25) is 0 Å². The van der Waals surface area contributed by atoms with E-state index < -0.39 is 0 Å². The van der Waals surface area contributed by atoms with E-state index in [1.165, 1.54) is 12.2 Å². The van der Waals surface area contributed by atoms with Gasteiger partial charge in [0.2, 0.25) is 0 Å². The molecule has 0 saturated heterocycles. The fourth-order valence-electron chi connectivity index (χ4n) is 0.254. The van der Waals surface area contributed by atoms with Crippen LogP contribution in [0.1, 0.15) is 13.3 Å². The molecule has 1 radical (unpaired) electrons. The molecule has 0 aliphatic carbocycles. The summed E-state index contributed by atoms with van der Waals surface area (Å²) in [6.07, 6.45) is 3.06. The zero-order valence-electron chi connectivity index (χ0n) is 4.68. The second kappa shape index (κ2) is 6.09. The molecular weight excluding hydrogens is 104 g/mol. The Kier molecular flexibility index (Phi) is 6.17. The zero-order chi connectivity index (χ0) is 5.54. The first-order valence-electron chi connectivity index (χ1n) is 2.47. The molecule has 0 atom stereocenters. The molecule has 7 heavy (non-hydrogen) atoms. The highest BCUT2D eigenvalue weighted by Gasteiger charge is 1.77. The summed E-state index contributed by atoms with van der Waals surface area (Å²) in [4.78, 5) is 0. The Balaban J connectivity index is 2.56. The molecule has 0 aromatic heterocycles. The third-order valence-electron chi connectivity index (χ3n) is 0.514. The van der Waals surface area contributed by atoms with E-state index in [1.54, 1.807) is 0 Å². The maximum Gasteiger partial charge on any atom is 0.0378 e. The van der Waals surface area contributed by atoms with E-state index in [-0.39, 0.29) is 0 Å². The fourth-order valence-corrected chi connectivity index (χ4v) is 0.762. The smallest absolute Gasteiger partial charge is 0.0378 e. The molecule has 1 heteroatoms.